The molecule has 0 aliphatic carbocycles. The SMILES string of the molecule is CCCCCCCCCCCCCCCCCCN(N)Cc1ccccc1. The van der Waals surface area contributed by atoms with Gasteiger partial charge in [0, 0.05) is 13.1 Å². The van der Waals surface area contributed by atoms with Crippen LogP contribution in [-0.4, -0.2) is 11.6 Å². The zero-order valence-corrected chi connectivity index (χ0v) is 18.1. The molecule has 0 saturated heterocycles. The average molecular weight is 375 g/mol. The van der Waals surface area contributed by atoms with Crippen LogP contribution < -0.4 is 5.84 Å². The molecule has 2 nitrogen and oxygen atoms in total. The molecule has 0 atom stereocenters. The monoisotopic (exact) mass is 374 g/mol. The Morgan fingerprint density at radius 1 is 0.593 bits per heavy atom. The Morgan fingerprint density at radius 3 is 1.44 bits per heavy atom. The maximum atomic E-state index is 6.10. The van der Waals surface area contributed by atoms with Gasteiger partial charge in [-0.3, -0.25) is 5.84 Å². The fourth-order valence-electron chi connectivity index (χ4n) is 3.76. The van der Waals surface area contributed by atoms with Crippen molar-refractivity contribution in [2.45, 2.75) is 116 Å². The van der Waals surface area contributed by atoms with Gasteiger partial charge in [0.2, 0.25) is 0 Å². The summed E-state index contributed by atoms with van der Waals surface area (Å²) < 4.78 is 0. The molecular formula is C25H46N2. The van der Waals surface area contributed by atoms with Crippen molar-refractivity contribution in [1.29, 1.82) is 0 Å². The van der Waals surface area contributed by atoms with Crippen molar-refractivity contribution in [3.63, 3.8) is 0 Å². The Labute approximate surface area is 169 Å². The van der Waals surface area contributed by atoms with E-state index < -0.39 is 0 Å². The van der Waals surface area contributed by atoms with E-state index in [1.165, 1.54) is 108 Å². The minimum Gasteiger partial charge on any atom is -0.268 e. The summed E-state index contributed by atoms with van der Waals surface area (Å²) in [5.74, 6) is 6.10. The predicted octanol–water partition coefficient (Wildman–Crippen LogP) is 7.62. The Balaban J connectivity index is 1.75. The van der Waals surface area contributed by atoms with E-state index in [9.17, 15) is 0 Å². The van der Waals surface area contributed by atoms with Crippen molar-refractivity contribution in [1.82, 2.24) is 5.01 Å². The molecule has 0 unspecified atom stereocenters. The molecule has 1 rings (SSSR count). The summed E-state index contributed by atoms with van der Waals surface area (Å²) in [4.78, 5) is 0. The lowest BCUT2D eigenvalue weighted by atomic mass is 10.0. The summed E-state index contributed by atoms with van der Waals surface area (Å²) in [6.07, 6.45) is 22.6. The summed E-state index contributed by atoms with van der Waals surface area (Å²) >= 11 is 0. The Bertz CT molecular complexity index is 404. The average Bonchev–Trinajstić information content (AvgIpc) is 2.68. The van der Waals surface area contributed by atoms with Gasteiger partial charge in [-0.15, -0.1) is 0 Å². The summed E-state index contributed by atoms with van der Waals surface area (Å²) in [6, 6.07) is 10.5. The quantitative estimate of drug-likeness (QED) is 0.153. The van der Waals surface area contributed by atoms with Crippen LogP contribution in [0.25, 0.3) is 0 Å². The van der Waals surface area contributed by atoms with Gasteiger partial charge in [0.15, 0.2) is 0 Å². The Morgan fingerprint density at radius 2 is 1.00 bits per heavy atom. The van der Waals surface area contributed by atoms with Gasteiger partial charge in [0.05, 0.1) is 0 Å². The maximum absolute atomic E-state index is 6.10. The molecule has 0 bridgehead atoms. The second kappa shape index (κ2) is 18.5. The minimum absolute atomic E-state index is 0.861. The van der Waals surface area contributed by atoms with Gasteiger partial charge >= 0.3 is 0 Å². The molecule has 0 saturated carbocycles. The topological polar surface area (TPSA) is 29.3 Å². The van der Waals surface area contributed by atoms with Crippen molar-refractivity contribution < 1.29 is 0 Å². The molecule has 0 radical (unpaired) electrons. The van der Waals surface area contributed by atoms with Crippen molar-refractivity contribution in [2.75, 3.05) is 6.54 Å². The summed E-state index contributed by atoms with van der Waals surface area (Å²) in [5.41, 5.74) is 1.30. The molecule has 0 aliphatic heterocycles. The van der Waals surface area contributed by atoms with Gasteiger partial charge in [0.25, 0.3) is 0 Å². The van der Waals surface area contributed by atoms with Gasteiger partial charge < -0.3 is 0 Å². The predicted molar refractivity (Wildman–Crippen MR) is 121 cm³/mol. The molecule has 27 heavy (non-hydrogen) atoms. The van der Waals surface area contributed by atoms with Crippen LogP contribution >= 0.6 is 0 Å². The lowest BCUT2D eigenvalue weighted by molar-refractivity contribution is 0.267. The lowest BCUT2D eigenvalue weighted by Gasteiger charge is -2.16. The van der Waals surface area contributed by atoms with Crippen molar-refractivity contribution >= 4 is 0 Å². The first kappa shape index (κ1) is 24.2. The van der Waals surface area contributed by atoms with Crippen LogP contribution in [0.1, 0.15) is 115 Å². The van der Waals surface area contributed by atoms with Gasteiger partial charge in [-0.05, 0) is 12.0 Å². The highest BCUT2D eigenvalue weighted by Crippen LogP contribution is 2.13. The van der Waals surface area contributed by atoms with Crippen LogP contribution in [0.2, 0.25) is 0 Å². The first-order valence-corrected chi connectivity index (χ1v) is 11.9. The zero-order chi connectivity index (χ0) is 19.4. The summed E-state index contributed by atoms with van der Waals surface area (Å²) in [7, 11) is 0. The van der Waals surface area contributed by atoms with E-state index >= 15 is 0 Å². The van der Waals surface area contributed by atoms with Crippen LogP contribution in [0.4, 0.5) is 0 Å². The third-order valence-corrected chi connectivity index (χ3v) is 5.53. The van der Waals surface area contributed by atoms with Crippen molar-refractivity contribution in [2.24, 2.45) is 5.84 Å². The van der Waals surface area contributed by atoms with Gasteiger partial charge in [-0.25, -0.2) is 5.01 Å². The number of hydrogen-bond donors (Lipinski definition) is 1. The number of rotatable bonds is 19. The number of benzene rings is 1. The molecule has 2 heteroatoms. The van der Waals surface area contributed by atoms with E-state index in [0.717, 1.165) is 13.1 Å². The van der Waals surface area contributed by atoms with Crippen LogP contribution in [-0.2, 0) is 6.54 Å². The third-order valence-electron chi connectivity index (χ3n) is 5.53. The van der Waals surface area contributed by atoms with E-state index in [4.69, 9.17) is 5.84 Å². The van der Waals surface area contributed by atoms with Crippen molar-refractivity contribution in [3.05, 3.63) is 35.9 Å². The van der Waals surface area contributed by atoms with Gasteiger partial charge in [0.1, 0.15) is 0 Å². The van der Waals surface area contributed by atoms with E-state index in [2.05, 4.69) is 37.3 Å². The van der Waals surface area contributed by atoms with Crippen LogP contribution in [0.5, 0.6) is 0 Å². The molecule has 1 aromatic carbocycles. The number of unbranched alkanes of at least 4 members (excludes halogenated alkanes) is 15. The standard InChI is InChI=1S/C25H46N2/c1-2-3-4-5-6-7-8-9-10-11-12-13-14-15-16-20-23-27(26)24-25-21-18-17-19-22-25/h17-19,21-22H,2-16,20,23-24,26H2,1H3. The summed E-state index contributed by atoms with van der Waals surface area (Å²) in [6.45, 7) is 4.16. The largest absolute Gasteiger partial charge is 0.268 e. The first-order chi connectivity index (χ1) is 13.3. The highest BCUT2D eigenvalue weighted by Gasteiger charge is 2.00. The van der Waals surface area contributed by atoms with Crippen LogP contribution in [0, 0.1) is 0 Å². The molecule has 2 N–H and O–H groups in total. The van der Waals surface area contributed by atoms with Crippen LogP contribution in [0.15, 0.2) is 30.3 Å². The fourth-order valence-corrected chi connectivity index (χ4v) is 3.76. The van der Waals surface area contributed by atoms with Gasteiger partial charge in [-0.1, -0.05) is 134 Å². The molecule has 0 heterocycles. The highest BCUT2D eigenvalue weighted by atomic mass is 15.4. The smallest absolute Gasteiger partial charge is 0.0379 e. The molecule has 156 valence electrons. The van der Waals surface area contributed by atoms with E-state index in [0.29, 0.717) is 0 Å². The minimum atomic E-state index is 0.861. The number of hydrazine groups is 1. The fraction of sp³-hybridized carbons (Fsp3) is 0.760. The Kier molecular flexibility index (Phi) is 16.6. The molecule has 0 amide bonds. The van der Waals surface area contributed by atoms with Crippen molar-refractivity contribution in [3.8, 4) is 0 Å². The van der Waals surface area contributed by atoms with Crippen LogP contribution in [0.3, 0.4) is 0 Å². The maximum Gasteiger partial charge on any atom is 0.0379 e. The normalized spacial score (nSPS) is 11.4. The number of hydrogen-bond acceptors (Lipinski definition) is 2. The Hall–Kier alpha value is -0.860. The second-order valence-corrected chi connectivity index (χ2v) is 8.26. The van der Waals surface area contributed by atoms with Gasteiger partial charge in [-0.2, -0.15) is 0 Å². The molecule has 0 spiro atoms. The summed E-state index contributed by atoms with van der Waals surface area (Å²) in [5, 5.41) is 1.96. The molecule has 1 aromatic rings. The number of nitrogens with zero attached hydrogens (tertiary/aromatic N) is 1. The molecule has 0 aromatic heterocycles. The highest BCUT2D eigenvalue weighted by molar-refractivity contribution is 5.14. The first-order valence-electron chi connectivity index (χ1n) is 11.9. The number of nitrogens with two attached hydrogens (primary N) is 1. The van der Waals surface area contributed by atoms with E-state index in [1.54, 1.807) is 0 Å². The lowest BCUT2D eigenvalue weighted by Crippen LogP contribution is -2.31. The second-order valence-electron chi connectivity index (χ2n) is 8.26. The zero-order valence-electron chi connectivity index (χ0n) is 18.1. The van der Waals surface area contributed by atoms with E-state index in [-0.39, 0.29) is 0 Å². The molecule has 0 fully saturated rings. The molecular weight excluding hydrogens is 328 g/mol. The van der Waals surface area contributed by atoms with E-state index in [1.807, 2.05) is 5.01 Å². The third kappa shape index (κ3) is 15.9. The molecule has 0 aliphatic rings.